The van der Waals surface area contributed by atoms with E-state index >= 15 is 0 Å². The normalized spacial score (nSPS) is 25.2. The van der Waals surface area contributed by atoms with Crippen molar-refractivity contribution in [3.8, 4) is 0 Å². The van der Waals surface area contributed by atoms with Crippen molar-refractivity contribution in [2.24, 2.45) is 17.6 Å². The van der Waals surface area contributed by atoms with Crippen molar-refractivity contribution < 1.29 is 9.18 Å². The lowest BCUT2D eigenvalue weighted by atomic mass is 9.79. The fraction of sp³-hybridized carbons (Fsp3) is 0.600. The van der Waals surface area contributed by atoms with Gasteiger partial charge in [0.2, 0.25) is 5.91 Å². The average molecular weight is 358 g/mol. The number of benzene rings is 1. The first-order chi connectivity index (χ1) is 12.5. The second-order valence-corrected chi connectivity index (χ2v) is 8.02. The third-order valence-corrected chi connectivity index (χ3v) is 6.11. The van der Waals surface area contributed by atoms with E-state index in [1.54, 1.807) is 11.0 Å². The van der Waals surface area contributed by atoms with Crippen LogP contribution in [0.4, 0.5) is 4.39 Å². The Kier molecular flexibility index (Phi) is 4.69. The molecule has 5 nitrogen and oxygen atoms in total. The zero-order valence-corrected chi connectivity index (χ0v) is 15.3. The first-order valence-electron chi connectivity index (χ1n) is 9.73. The summed E-state index contributed by atoms with van der Waals surface area (Å²) in [6.45, 7) is 3.30. The minimum absolute atomic E-state index is 0.0979. The number of amides is 1. The lowest BCUT2D eigenvalue weighted by molar-refractivity contribution is -0.128. The van der Waals surface area contributed by atoms with E-state index in [2.05, 4.69) is 16.9 Å². The molecule has 2 heterocycles. The van der Waals surface area contributed by atoms with Gasteiger partial charge in [0, 0.05) is 25.1 Å². The number of H-pyrrole nitrogens is 1. The molecule has 26 heavy (non-hydrogen) atoms. The molecule has 1 aromatic heterocycles. The van der Waals surface area contributed by atoms with Crippen molar-refractivity contribution in [3.63, 3.8) is 0 Å². The van der Waals surface area contributed by atoms with Gasteiger partial charge in [0.05, 0.1) is 11.6 Å². The van der Waals surface area contributed by atoms with Crippen molar-refractivity contribution in [2.45, 2.75) is 58.0 Å². The molecular weight excluding hydrogens is 331 g/mol. The maximum atomic E-state index is 15.0. The zero-order valence-electron chi connectivity index (χ0n) is 15.3. The first-order valence-corrected chi connectivity index (χ1v) is 9.73. The van der Waals surface area contributed by atoms with Gasteiger partial charge < -0.3 is 15.6 Å². The summed E-state index contributed by atoms with van der Waals surface area (Å²) in [7, 11) is 0. The predicted octanol–water partition coefficient (Wildman–Crippen LogP) is 3.65. The number of fused-ring (bicyclic) bond motifs is 1. The smallest absolute Gasteiger partial charge is 0.222 e. The average Bonchev–Trinajstić information content (AvgIpc) is 3.24. The molecule has 3 N–H and O–H groups in total. The van der Waals surface area contributed by atoms with Crippen molar-refractivity contribution in [1.29, 1.82) is 0 Å². The van der Waals surface area contributed by atoms with Gasteiger partial charge in [0.25, 0.3) is 0 Å². The van der Waals surface area contributed by atoms with Crippen LogP contribution in [-0.4, -0.2) is 27.3 Å². The van der Waals surface area contributed by atoms with E-state index in [9.17, 15) is 9.18 Å². The highest BCUT2D eigenvalue weighted by Crippen LogP contribution is 2.35. The number of nitrogens with one attached hydrogen (secondary N) is 1. The van der Waals surface area contributed by atoms with Crippen LogP contribution >= 0.6 is 0 Å². The number of carbonyl (C=O) groups is 1. The minimum Gasteiger partial charge on any atom is -0.341 e. The number of imidazole rings is 1. The SMILES string of the molecule is CC1CCC([C@H](N)c2nc3c(F)c(CN4CCCC4=O)ccc3[nH]2)CC1. The third kappa shape index (κ3) is 3.22. The van der Waals surface area contributed by atoms with E-state index in [1.807, 2.05) is 6.07 Å². The number of rotatable bonds is 4. The molecule has 0 spiro atoms. The fourth-order valence-corrected chi connectivity index (χ4v) is 4.33. The van der Waals surface area contributed by atoms with Gasteiger partial charge >= 0.3 is 0 Å². The van der Waals surface area contributed by atoms with Gasteiger partial charge in [-0.15, -0.1) is 0 Å². The number of aromatic amines is 1. The quantitative estimate of drug-likeness (QED) is 0.876. The summed E-state index contributed by atoms with van der Waals surface area (Å²) in [6.07, 6.45) is 6.01. The van der Waals surface area contributed by atoms with E-state index in [0.29, 0.717) is 47.8 Å². The largest absolute Gasteiger partial charge is 0.341 e. The number of nitrogens with zero attached hydrogens (tertiary/aromatic N) is 2. The molecular formula is C20H27FN4O. The van der Waals surface area contributed by atoms with Crippen molar-refractivity contribution in [3.05, 3.63) is 29.3 Å². The van der Waals surface area contributed by atoms with Crippen molar-refractivity contribution >= 4 is 16.9 Å². The molecule has 0 bridgehead atoms. The Morgan fingerprint density at radius 3 is 2.81 bits per heavy atom. The number of halogens is 1. The standard InChI is InChI=1S/C20H27FN4O/c1-12-4-6-13(7-5-12)18(22)20-23-15-9-8-14(17(21)19(15)24-20)11-25-10-2-3-16(25)26/h8-9,12-13,18H,2-7,10-11,22H2,1H3,(H,23,24)/t12?,13?,18-/m0/s1. The van der Waals surface area contributed by atoms with E-state index in [1.165, 1.54) is 12.8 Å². The van der Waals surface area contributed by atoms with Crippen LogP contribution in [0.3, 0.4) is 0 Å². The Bertz CT molecular complexity index is 809. The molecule has 0 unspecified atom stereocenters. The Hall–Kier alpha value is -1.95. The molecule has 0 radical (unpaired) electrons. The van der Waals surface area contributed by atoms with Crippen LogP contribution in [0.25, 0.3) is 11.0 Å². The highest BCUT2D eigenvalue weighted by Gasteiger charge is 2.27. The highest BCUT2D eigenvalue weighted by atomic mass is 19.1. The number of hydrogen-bond acceptors (Lipinski definition) is 3. The summed E-state index contributed by atoms with van der Waals surface area (Å²) in [5.41, 5.74) is 7.98. The Morgan fingerprint density at radius 2 is 2.12 bits per heavy atom. The van der Waals surface area contributed by atoms with Gasteiger partial charge in [-0.2, -0.15) is 0 Å². The third-order valence-electron chi connectivity index (χ3n) is 6.11. The summed E-state index contributed by atoms with van der Waals surface area (Å²) in [6, 6.07) is 3.41. The van der Waals surface area contributed by atoms with Gasteiger partial charge in [-0.05, 0) is 37.2 Å². The first kappa shape index (κ1) is 17.5. The highest BCUT2D eigenvalue weighted by molar-refractivity contribution is 5.79. The molecule has 1 aromatic carbocycles. The molecule has 1 saturated heterocycles. The van der Waals surface area contributed by atoms with Crippen LogP contribution in [0.15, 0.2) is 12.1 Å². The van der Waals surface area contributed by atoms with Gasteiger partial charge in [0.1, 0.15) is 11.3 Å². The summed E-state index contributed by atoms with van der Waals surface area (Å²) in [4.78, 5) is 21.2. The van der Waals surface area contributed by atoms with Gasteiger partial charge in [-0.25, -0.2) is 9.37 Å². The fourth-order valence-electron chi connectivity index (χ4n) is 4.33. The molecule has 1 amide bonds. The van der Waals surface area contributed by atoms with E-state index in [0.717, 1.165) is 25.2 Å². The van der Waals surface area contributed by atoms with Gasteiger partial charge in [-0.3, -0.25) is 4.79 Å². The van der Waals surface area contributed by atoms with Crippen molar-refractivity contribution in [2.75, 3.05) is 6.54 Å². The lowest BCUT2D eigenvalue weighted by Gasteiger charge is -2.29. The summed E-state index contributed by atoms with van der Waals surface area (Å²) in [5, 5.41) is 0. The van der Waals surface area contributed by atoms with Crippen LogP contribution < -0.4 is 5.73 Å². The van der Waals surface area contributed by atoms with Gasteiger partial charge in [0.15, 0.2) is 5.82 Å². The van der Waals surface area contributed by atoms with Crippen LogP contribution in [0.5, 0.6) is 0 Å². The molecule has 1 atom stereocenters. The monoisotopic (exact) mass is 358 g/mol. The molecule has 140 valence electrons. The Balaban J connectivity index is 1.57. The molecule has 1 aliphatic heterocycles. The van der Waals surface area contributed by atoms with Crippen LogP contribution in [0.1, 0.15) is 62.9 Å². The molecule has 1 aliphatic carbocycles. The summed E-state index contributed by atoms with van der Waals surface area (Å²) < 4.78 is 15.0. The van der Waals surface area contributed by atoms with Crippen LogP contribution in [0.2, 0.25) is 0 Å². The molecule has 1 saturated carbocycles. The van der Waals surface area contributed by atoms with E-state index in [-0.39, 0.29) is 17.8 Å². The van der Waals surface area contributed by atoms with E-state index < -0.39 is 0 Å². The van der Waals surface area contributed by atoms with E-state index in [4.69, 9.17) is 5.73 Å². The Morgan fingerprint density at radius 1 is 1.35 bits per heavy atom. The summed E-state index contributed by atoms with van der Waals surface area (Å²) >= 11 is 0. The maximum Gasteiger partial charge on any atom is 0.222 e. The zero-order chi connectivity index (χ0) is 18.3. The summed E-state index contributed by atoms with van der Waals surface area (Å²) in [5.74, 6) is 1.60. The minimum atomic E-state index is -0.339. The number of likely N-dealkylation sites (tertiary alicyclic amines) is 1. The molecule has 2 aliphatic rings. The number of carbonyl (C=O) groups excluding carboxylic acids is 1. The second kappa shape index (κ2) is 6.99. The number of nitrogens with two attached hydrogens (primary N) is 1. The number of hydrogen-bond donors (Lipinski definition) is 2. The van der Waals surface area contributed by atoms with Crippen LogP contribution in [0, 0.1) is 17.7 Å². The topological polar surface area (TPSA) is 75.0 Å². The van der Waals surface area contributed by atoms with Crippen molar-refractivity contribution in [1.82, 2.24) is 14.9 Å². The number of aromatic nitrogens is 2. The molecule has 4 rings (SSSR count). The molecule has 2 aromatic rings. The Labute approximate surface area is 153 Å². The second-order valence-electron chi connectivity index (χ2n) is 8.02. The van der Waals surface area contributed by atoms with Gasteiger partial charge in [-0.1, -0.05) is 25.8 Å². The molecule has 6 heteroatoms. The van der Waals surface area contributed by atoms with Crippen LogP contribution in [-0.2, 0) is 11.3 Å². The molecule has 2 fully saturated rings. The lowest BCUT2D eigenvalue weighted by Crippen LogP contribution is -2.26. The predicted molar refractivity (Wildman–Crippen MR) is 98.8 cm³/mol. The maximum absolute atomic E-state index is 15.0.